The third kappa shape index (κ3) is 2.75. The van der Waals surface area contributed by atoms with E-state index in [2.05, 4.69) is 35.6 Å². The van der Waals surface area contributed by atoms with E-state index in [1.54, 1.807) is 10.9 Å². The molecule has 0 fully saturated rings. The summed E-state index contributed by atoms with van der Waals surface area (Å²) in [4.78, 5) is 26.0. The maximum atomic E-state index is 13.3. The summed E-state index contributed by atoms with van der Waals surface area (Å²) < 4.78 is 1.73. The molecule has 0 aliphatic carbocycles. The topological polar surface area (TPSA) is 76.0 Å². The number of nitrogens with one attached hydrogen (secondary N) is 2. The number of hydrogen-bond acceptors (Lipinski definition) is 3. The van der Waals surface area contributed by atoms with Crippen LogP contribution >= 0.6 is 11.6 Å². The van der Waals surface area contributed by atoms with Crippen molar-refractivity contribution in [2.24, 2.45) is 0 Å². The number of benzene rings is 2. The zero-order valence-corrected chi connectivity index (χ0v) is 17.5. The molecule has 2 N–H and O–H groups in total. The summed E-state index contributed by atoms with van der Waals surface area (Å²) in [6.07, 6.45) is 1.77. The van der Waals surface area contributed by atoms with E-state index < -0.39 is 5.41 Å². The molecule has 3 heterocycles. The fourth-order valence-corrected chi connectivity index (χ4v) is 4.53. The fraction of sp³-hybridized carbons (Fsp3) is 0.261. The van der Waals surface area contributed by atoms with Crippen molar-refractivity contribution >= 4 is 34.9 Å². The Balaban J connectivity index is 1.64. The lowest BCUT2D eigenvalue weighted by molar-refractivity contribution is -0.125. The monoisotopic (exact) mass is 420 g/mol. The van der Waals surface area contributed by atoms with Gasteiger partial charge in [-0.05, 0) is 40.8 Å². The lowest BCUT2D eigenvalue weighted by atomic mass is 9.71. The van der Waals surface area contributed by atoms with Gasteiger partial charge >= 0.3 is 0 Å². The molecule has 0 saturated heterocycles. The Kier molecular flexibility index (Phi) is 4.22. The normalized spacial score (nSPS) is 19.6. The lowest BCUT2D eigenvalue weighted by Crippen LogP contribution is -2.43. The molecule has 6 nitrogen and oxygen atoms in total. The van der Waals surface area contributed by atoms with E-state index in [9.17, 15) is 9.59 Å². The van der Waals surface area contributed by atoms with Crippen molar-refractivity contribution in [3.8, 4) is 0 Å². The summed E-state index contributed by atoms with van der Waals surface area (Å²) in [5.41, 5.74) is 3.41. The highest BCUT2D eigenvalue weighted by molar-refractivity contribution is 6.30. The van der Waals surface area contributed by atoms with Crippen molar-refractivity contribution in [2.45, 2.75) is 38.1 Å². The standard InChI is InChI=1S/C23H21ClN4O2/c1-13(2)15-5-8-19-17(9-15)23(22(30)26-19)10-20(29)27-21-18(23)11-25-28(21)12-14-3-6-16(24)7-4-14/h3-9,11,13H,10,12H2,1-2H3,(H,26,30)(H,27,29)/t23-/m1/s1. The molecular formula is C23H21ClN4O2. The fourth-order valence-electron chi connectivity index (χ4n) is 4.40. The summed E-state index contributed by atoms with van der Waals surface area (Å²) in [6, 6.07) is 13.5. The van der Waals surface area contributed by atoms with Crippen LogP contribution in [-0.4, -0.2) is 21.6 Å². The number of rotatable bonds is 3. The molecule has 0 bridgehead atoms. The van der Waals surface area contributed by atoms with Crippen LogP contribution in [0.1, 0.15) is 48.4 Å². The Morgan fingerprint density at radius 3 is 2.60 bits per heavy atom. The lowest BCUT2D eigenvalue weighted by Gasteiger charge is -2.32. The van der Waals surface area contributed by atoms with Crippen LogP contribution in [0.5, 0.6) is 0 Å². The van der Waals surface area contributed by atoms with Gasteiger partial charge in [-0.25, -0.2) is 4.68 Å². The predicted molar refractivity (Wildman–Crippen MR) is 116 cm³/mol. The first kappa shape index (κ1) is 18.9. The number of halogens is 1. The molecule has 0 radical (unpaired) electrons. The Morgan fingerprint density at radius 2 is 1.87 bits per heavy atom. The van der Waals surface area contributed by atoms with E-state index in [0.29, 0.717) is 23.3 Å². The molecular weight excluding hydrogens is 400 g/mol. The van der Waals surface area contributed by atoms with E-state index in [1.165, 1.54) is 0 Å². The second kappa shape index (κ2) is 6.71. The summed E-state index contributed by atoms with van der Waals surface area (Å²) in [5, 5.41) is 11.1. The van der Waals surface area contributed by atoms with E-state index in [4.69, 9.17) is 11.6 Å². The van der Waals surface area contributed by atoms with Crippen LogP contribution in [0, 0.1) is 0 Å². The summed E-state index contributed by atoms with van der Waals surface area (Å²) in [5.74, 6) is 0.505. The molecule has 2 aromatic carbocycles. The van der Waals surface area contributed by atoms with Crippen LogP contribution in [-0.2, 0) is 21.5 Å². The number of fused-ring (bicyclic) bond motifs is 4. The zero-order chi connectivity index (χ0) is 21.0. The van der Waals surface area contributed by atoms with Gasteiger partial charge in [-0.15, -0.1) is 0 Å². The number of carbonyl (C=O) groups is 2. The minimum absolute atomic E-state index is 0.0625. The molecule has 152 valence electrons. The predicted octanol–water partition coefficient (Wildman–Crippen LogP) is 4.29. The van der Waals surface area contributed by atoms with Crippen LogP contribution in [0.25, 0.3) is 0 Å². The number of amides is 2. The summed E-state index contributed by atoms with van der Waals surface area (Å²) >= 11 is 5.98. The van der Waals surface area contributed by atoms with Gasteiger partial charge in [0.05, 0.1) is 12.7 Å². The molecule has 30 heavy (non-hydrogen) atoms. The Hall–Kier alpha value is -3.12. The molecule has 0 unspecified atom stereocenters. The summed E-state index contributed by atoms with van der Waals surface area (Å²) in [7, 11) is 0. The van der Waals surface area contributed by atoms with Gasteiger partial charge in [-0.2, -0.15) is 5.10 Å². The van der Waals surface area contributed by atoms with Crippen molar-refractivity contribution < 1.29 is 9.59 Å². The van der Waals surface area contributed by atoms with Gasteiger partial charge in [-0.3, -0.25) is 9.59 Å². The Labute approximate surface area is 179 Å². The zero-order valence-electron chi connectivity index (χ0n) is 16.7. The van der Waals surface area contributed by atoms with Crippen molar-refractivity contribution in [3.63, 3.8) is 0 Å². The molecule has 5 rings (SSSR count). The highest BCUT2D eigenvalue weighted by Gasteiger charge is 2.54. The van der Waals surface area contributed by atoms with Crippen LogP contribution < -0.4 is 10.6 Å². The van der Waals surface area contributed by atoms with Crippen molar-refractivity contribution in [2.75, 3.05) is 10.6 Å². The van der Waals surface area contributed by atoms with E-state index in [1.807, 2.05) is 36.4 Å². The van der Waals surface area contributed by atoms with E-state index in [-0.39, 0.29) is 18.2 Å². The number of aromatic nitrogens is 2. The minimum Gasteiger partial charge on any atom is -0.325 e. The van der Waals surface area contributed by atoms with Gasteiger partial charge in [0.25, 0.3) is 0 Å². The van der Waals surface area contributed by atoms with Crippen LogP contribution in [0.15, 0.2) is 48.7 Å². The number of hydrogen-bond donors (Lipinski definition) is 2. The molecule has 7 heteroatoms. The smallest absolute Gasteiger partial charge is 0.240 e. The minimum atomic E-state index is -1.06. The average molecular weight is 421 g/mol. The first-order chi connectivity index (χ1) is 14.4. The number of anilines is 2. The van der Waals surface area contributed by atoms with Gasteiger partial charge in [0.2, 0.25) is 11.8 Å². The highest BCUT2D eigenvalue weighted by Crippen LogP contribution is 2.50. The SMILES string of the molecule is CC(C)c1ccc2c(c1)[C@@]1(CC(=O)Nc3c1cnn3Cc1ccc(Cl)cc1)C(=O)N2. The van der Waals surface area contributed by atoms with Gasteiger partial charge in [0, 0.05) is 22.7 Å². The van der Waals surface area contributed by atoms with Crippen LogP contribution in [0.2, 0.25) is 5.02 Å². The third-order valence-corrected chi connectivity index (χ3v) is 6.29. The maximum absolute atomic E-state index is 13.3. The second-order valence-electron chi connectivity index (χ2n) is 8.24. The number of carbonyl (C=O) groups excluding carboxylic acids is 2. The average Bonchev–Trinajstić information content (AvgIpc) is 3.23. The first-order valence-electron chi connectivity index (χ1n) is 9.95. The second-order valence-corrected chi connectivity index (χ2v) is 8.67. The van der Waals surface area contributed by atoms with Crippen LogP contribution in [0.4, 0.5) is 11.5 Å². The van der Waals surface area contributed by atoms with Gasteiger partial charge < -0.3 is 10.6 Å². The van der Waals surface area contributed by atoms with Crippen molar-refractivity contribution in [1.82, 2.24) is 9.78 Å². The molecule has 1 aromatic heterocycles. The molecule has 1 atom stereocenters. The summed E-state index contributed by atoms with van der Waals surface area (Å²) in [6.45, 7) is 4.69. The Morgan fingerprint density at radius 1 is 1.10 bits per heavy atom. The quantitative estimate of drug-likeness (QED) is 0.663. The van der Waals surface area contributed by atoms with Gasteiger partial charge in [0.15, 0.2) is 0 Å². The third-order valence-electron chi connectivity index (χ3n) is 6.03. The maximum Gasteiger partial charge on any atom is 0.240 e. The Bertz CT molecular complexity index is 1180. The molecule has 3 aromatic rings. The first-order valence-corrected chi connectivity index (χ1v) is 10.3. The molecule has 2 aliphatic heterocycles. The molecule has 0 saturated carbocycles. The molecule has 2 aliphatic rings. The largest absolute Gasteiger partial charge is 0.325 e. The van der Waals surface area contributed by atoms with E-state index >= 15 is 0 Å². The number of nitrogens with zero attached hydrogens (tertiary/aromatic N) is 2. The van der Waals surface area contributed by atoms with Crippen molar-refractivity contribution in [1.29, 1.82) is 0 Å². The van der Waals surface area contributed by atoms with E-state index in [0.717, 1.165) is 27.9 Å². The van der Waals surface area contributed by atoms with Crippen LogP contribution in [0.3, 0.4) is 0 Å². The highest BCUT2D eigenvalue weighted by atomic mass is 35.5. The van der Waals surface area contributed by atoms with Gasteiger partial charge in [-0.1, -0.05) is 49.7 Å². The van der Waals surface area contributed by atoms with Gasteiger partial charge in [0.1, 0.15) is 11.2 Å². The van der Waals surface area contributed by atoms with Crippen molar-refractivity contribution in [3.05, 3.63) is 75.9 Å². The molecule has 2 amide bonds. The molecule has 1 spiro atoms.